The molecular weight excluding hydrogens is 509 g/mol. The summed E-state index contributed by atoms with van der Waals surface area (Å²) in [5.74, 6) is -0.885. The standard InChI is InChI=1S/C27H32N3O7P/c1-3-22(4-2)27(28-18-21-12-6-5-7-13-21)38(35,36-19-23-14-8-10-16-25(23)29(31)32)37-20-24-15-9-11-17-26(24)30(33)34/h5-17,22,27-28H,3-4,18-20H2,1-2H3/t27-/m0/s1. The molecule has 0 aliphatic carbocycles. The second-order valence-electron chi connectivity index (χ2n) is 8.75. The van der Waals surface area contributed by atoms with Gasteiger partial charge in [0.15, 0.2) is 0 Å². The molecule has 0 aliphatic heterocycles. The molecule has 3 aromatic carbocycles. The van der Waals surface area contributed by atoms with Crippen LogP contribution in [0.3, 0.4) is 0 Å². The van der Waals surface area contributed by atoms with E-state index in [1.165, 1.54) is 24.3 Å². The summed E-state index contributed by atoms with van der Waals surface area (Å²) in [6.45, 7) is 3.68. The fourth-order valence-corrected chi connectivity index (χ4v) is 6.52. The van der Waals surface area contributed by atoms with E-state index < -0.39 is 23.2 Å². The smallest absolute Gasteiger partial charge is 0.302 e. The fourth-order valence-electron chi connectivity index (χ4n) is 4.23. The molecule has 38 heavy (non-hydrogen) atoms. The van der Waals surface area contributed by atoms with Gasteiger partial charge in [-0.1, -0.05) is 81.3 Å². The van der Waals surface area contributed by atoms with E-state index >= 15 is 0 Å². The van der Waals surface area contributed by atoms with Crippen molar-refractivity contribution in [3.63, 3.8) is 0 Å². The number of para-hydroxylation sites is 2. The van der Waals surface area contributed by atoms with Crippen molar-refractivity contribution in [2.24, 2.45) is 5.92 Å². The number of nitro benzene ring substituents is 2. The van der Waals surface area contributed by atoms with E-state index in [0.29, 0.717) is 19.4 Å². The minimum atomic E-state index is -4.04. The molecule has 0 heterocycles. The number of benzene rings is 3. The first-order valence-electron chi connectivity index (χ1n) is 12.4. The SMILES string of the molecule is CCC(CC)[C@@H](NCc1ccccc1)P(=O)(OCc1ccccc1[N+](=O)[O-])OCc1ccccc1[N+](=O)[O-]. The lowest BCUT2D eigenvalue weighted by Gasteiger charge is -2.33. The van der Waals surface area contributed by atoms with Gasteiger partial charge in [0.25, 0.3) is 11.4 Å². The highest BCUT2D eigenvalue weighted by Gasteiger charge is 2.41. The van der Waals surface area contributed by atoms with Crippen LogP contribution in [0.4, 0.5) is 11.4 Å². The van der Waals surface area contributed by atoms with E-state index in [1.807, 2.05) is 44.2 Å². The maximum absolute atomic E-state index is 14.6. The van der Waals surface area contributed by atoms with Crippen LogP contribution in [0, 0.1) is 26.1 Å². The predicted octanol–water partition coefficient (Wildman–Crippen LogP) is 6.98. The Labute approximate surface area is 221 Å². The molecule has 3 rings (SSSR count). The van der Waals surface area contributed by atoms with Crippen LogP contribution in [0.2, 0.25) is 0 Å². The third-order valence-corrected chi connectivity index (χ3v) is 8.63. The Morgan fingerprint density at radius 3 is 1.66 bits per heavy atom. The summed E-state index contributed by atoms with van der Waals surface area (Å²) in [5, 5.41) is 26.4. The number of rotatable bonds is 15. The van der Waals surface area contributed by atoms with Gasteiger partial charge in [-0.15, -0.1) is 0 Å². The fraction of sp³-hybridized carbons (Fsp3) is 0.333. The van der Waals surface area contributed by atoms with Crippen molar-refractivity contribution < 1.29 is 23.5 Å². The van der Waals surface area contributed by atoms with Crippen molar-refractivity contribution >= 4 is 19.0 Å². The van der Waals surface area contributed by atoms with Crippen molar-refractivity contribution in [3.05, 3.63) is 116 Å². The lowest BCUT2D eigenvalue weighted by Crippen LogP contribution is -2.36. The lowest BCUT2D eigenvalue weighted by atomic mass is 10.0. The van der Waals surface area contributed by atoms with Gasteiger partial charge in [0.05, 0.1) is 34.2 Å². The minimum absolute atomic E-state index is 0.124. The third kappa shape index (κ3) is 7.55. The third-order valence-electron chi connectivity index (χ3n) is 6.37. The Morgan fingerprint density at radius 1 is 0.763 bits per heavy atom. The maximum atomic E-state index is 14.6. The summed E-state index contributed by atoms with van der Waals surface area (Å²) in [7, 11) is -4.04. The van der Waals surface area contributed by atoms with Crippen LogP contribution in [0.15, 0.2) is 78.9 Å². The first kappa shape index (κ1) is 29.1. The lowest BCUT2D eigenvalue weighted by molar-refractivity contribution is -0.385. The zero-order valence-corrected chi connectivity index (χ0v) is 22.3. The largest absolute Gasteiger partial charge is 0.348 e. The van der Waals surface area contributed by atoms with Crippen molar-refractivity contribution in [1.29, 1.82) is 0 Å². The van der Waals surface area contributed by atoms with E-state index in [4.69, 9.17) is 9.05 Å². The molecule has 0 radical (unpaired) electrons. The highest BCUT2D eigenvalue weighted by molar-refractivity contribution is 7.54. The maximum Gasteiger partial charge on any atom is 0.348 e. The summed E-state index contributed by atoms with van der Waals surface area (Å²) in [5.41, 5.74) is 1.15. The van der Waals surface area contributed by atoms with Gasteiger partial charge in [-0.3, -0.25) is 30.1 Å². The Hall–Kier alpha value is -3.43. The zero-order valence-electron chi connectivity index (χ0n) is 21.4. The molecule has 10 nitrogen and oxygen atoms in total. The number of nitro groups is 2. The number of hydrogen-bond donors (Lipinski definition) is 1. The van der Waals surface area contributed by atoms with Crippen molar-refractivity contribution in [3.8, 4) is 0 Å². The topological polar surface area (TPSA) is 134 Å². The summed E-state index contributed by atoms with van der Waals surface area (Å²) in [6.07, 6.45) is 1.33. The second kappa shape index (κ2) is 13.9. The Kier molecular flexibility index (Phi) is 10.7. The van der Waals surface area contributed by atoms with Gasteiger partial charge in [0, 0.05) is 18.7 Å². The monoisotopic (exact) mass is 541 g/mol. The van der Waals surface area contributed by atoms with E-state index in [2.05, 4.69) is 5.32 Å². The quantitative estimate of drug-likeness (QED) is 0.124. The number of nitrogens with zero attached hydrogens (tertiary/aromatic N) is 2. The molecule has 1 N–H and O–H groups in total. The van der Waals surface area contributed by atoms with E-state index in [9.17, 15) is 24.8 Å². The van der Waals surface area contributed by atoms with Crippen LogP contribution in [0.1, 0.15) is 43.4 Å². The van der Waals surface area contributed by atoms with Crippen LogP contribution >= 0.6 is 7.60 Å². The van der Waals surface area contributed by atoms with Gasteiger partial charge in [0.1, 0.15) is 5.78 Å². The molecule has 1 atom stereocenters. The van der Waals surface area contributed by atoms with Crippen LogP contribution < -0.4 is 5.32 Å². The van der Waals surface area contributed by atoms with Gasteiger partial charge < -0.3 is 9.05 Å². The Bertz CT molecular complexity index is 1200. The highest BCUT2D eigenvalue weighted by atomic mass is 31.2. The average molecular weight is 542 g/mol. The van der Waals surface area contributed by atoms with Crippen LogP contribution in [0.25, 0.3) is 0 Å². The van der Waals surface area contributed by atoms with Crippen LogP contribution in [-0.4, -0.2) is 15.6 Å². The second-order valence-corrected chi connectivity index (χ2v) is 10.9. The molecule has 0 saturated heterocycles. The van der Waals surface area contributed by atoms with Gasteiger partial charge in [-0.2, -0.15) is 0 Å². The predicted molar refractivity (Wildman–Crippen MR) is 145 cm³/mol. The van der Waals surface area contributed by atoms with Gasteiger partial charge >= 0.3 is 7.60 Å². The molecule has 0 fully saturated rings. The summed E-state index contributed by atoms with van der Waals surface area (Å²) >= 11 is 0. The minimum Gasteiger partial charge on any atom is -0.302 e. The molecule has 11 heteroatoms. The first-order valence-corrected chi connectivity index (χ1v) is 14.0. The zero-order chi connectivity index (χ0) is 27.5. The molecular formula is C27H32N3O7P. The molecule has 0 saturated carbocycles. The summed E-state index contributed by atoms with van der Waals surface area (Å²) in [6, 6.07) is 21.7. The van der Waals surface area contributed by atoms with Crippen molar-refractivity contribution in [2.45, 2.75) is 52.2 Å². The van der Waals surface area contributed by atoms with Crippen LogP contribution in [0.5, 0.6) is 0 Å². The van der Waals surface area contributed by atoms with E-state index in [1.54, 1.807) is 24.3 Å². The number of nitrogens with one attached hydrogen (secondary N) is 1. The molecule has 3 aromatic rings. The van der Waals surface area contributed by atoms with Crippen LogP contribution in [-0.2, 0) is 33.4 Å². The first-order chi connectivity index (χ1) is 18.3. The number of hydrogen-bond acceptors (Lipinski definition) is 8. The summed E-state index contributed by atoms with van der Waals surface area (Å²) < 4.78 is 26.5. The molecule has 0 unspecified atom stereocenters. The van der Waals surface area contributed by atoms with E-state index in [-0.39, 0.29) is 41.6 Å². The van der Waals surface area contributed by atoms with Gasteiger partial charge in [-0.05, 0) is 23.6 Å². The van der Waals surface area contributed by atoms with Crippen molar-refractivity contribution in [2.75, 3.05) is 0 Å². The average Bonchev–Trinajstić information content (AvgIpc) is 2.93. The normalized spacial score (nSPS) is 12.4. The molecule has 0 aromatic heterocycles. The molecule has 0 aliphatic rings. The Morgan fingerprint density at radius 2 is 1.21 bits per heavy atom. The van der Waals surface area contributed by atoms with Gasteiger partial charge in [0.2, 0.25) is 0 Å². The summed E-state index contributed by atoms with van der Waals surface area (Å²) in [4.78, 5) is 22.0. The molecule has 0 bridgehead atoms. The molecule has 0 amide bonds. The van der Waals surface area contributed by atoms with Gasteiger partial charge in [-0.25, -0.2) is 0 Å². The van der Waals surface area contributed by atoms with Crippen molar-refractivity contribution in [1.82, 2.24) is 5.32 Å². The Balaban J connectivity index is 1.96. The highest BCUT2D eigenvalue weighted by Crippen LogP contribution is 2.57. The molecule has 202 valence electrons. The molecule has 0 spiro atoms. The van der Waals surface area contributed by atoms with E-state index in [0.717, 1.165) is 5.56 Å².